The summed E-state index contributed by atoms with van der Waals surface area (Å²) in [4.78, 5) is 7.74. The lowest BCUT2D eigenvalue weighted by Crippen LogP contribution is -2.05. The van der Waals surface area contributed by atoms with Crippen LogP contribution in [0.5, 0.6) is 0 Å². The van der Waals surface area contributed by atoms with Crippen molar-refractivity contribution in [3.05, 3.63) is 53.6 Å². The van der Waals surface area contributed by atoms with Gasteiger partial charge in [0.1, 0.15) is 5.52 Å². The van der Waals surface area contributed by atoms with Crippen molar-refractivity contribution < 1.29 is 13.2 Å². The molecule has 0 N–H and O–H groups in total. The lowest BCUT2D eigenvalue weighted by Gasteiger charge is -2.08. The summed E-state index contributed by atoms with van der Waals surface area (Å²) < 4.78 is 39.8. The second-order valence-corrected chi connectivity index (χ2v) is 4.55. The van der Waals surface area contributed by atoms with Gasteiger partial charge in [0, 0.05) is 18.6 Å². The fraction of sp³-hybridized carbons (Fsp3) is 0.0769. The monoisotopic (exact) mass is 297 g/mol. The van der Waals surface area contributed by atoms with Gasteiger partial charge in [-0.15, -0.1) is 0 Å². The number of pyridine rings is 2. The van der Waals surface area contributed by atoms with Crippen molar-refractivity contribution in [2.45, 2.75) is 6.18 Å². The van der Waals surface area contributed by atoms with Crippen LogP contribution in [0.4, 0.5) is 13.2 Å². The van der Waals surface area contributed by atoms with Crippen molar-refractivity contribution in [2.75, 3.05) is 0 Å². The summed E-state index contributed by atoms with van der Waals surface area (Å²) in [5.74, 6) is 0. The predicted octanol–water partition coefficient (Wildman–Crippen LogP) is 4.09. The molecule has 0 bridgehead atoms. The molecule has 0 fully saturated rings. The molecule has 0 saturated heterocycles. The van der Waals surface area contributed by atoms with Gasteiger partial charge >= 0.3 is 6.18 Å². The average Bonchev–Trinajstić information content (AvgIpc) is 2.76. The first kappa shape index (κ1) is 12.9. The van der Waals surface area contributed by atoms with Crippen molar-refractivity contribution in [3.8, 4) is 5.69 Å². The Bertz CT molecular complexity index is 766. The van der Waals surface area contributed by atoms with Crippen LogP contribution < -0.4 is 0 Å². The minimum Gasteiger partial charge on any atom is -0.312 e. The summed E-state index contributed by atoms with van der Waals surface area (Å²) in [6.45, 7) is 0. The zero-order valence-corrected chi connectivity index (χ0v) is 10.7. The van der Waals surface area contributed by atoms with Gasteiger partial charge in [-0.3, -0.25) is 9.97 Å². The normalized spacial score (nSPS) is 12.0. The van der Waals surface area contributed by atoms with Gasteiger partial charge < -0.3 is 4.57 Å². The van der Waals surface area contributed by atoms with Crippen molar-refractivity contribution in [1.82, 2.24) is 14.5 Å². The molecule has 0 radical (unpaired) electrons. The second kappa shape index (κ2) is 4.49. The molecule has 3 nitrogen and oxygen atoms in total. The van der Waals surface area contributed by atoms with Crippen molar-refractivity contribution >= 4 is 22.6 Å². The highest BCUT2D eigenvalue weighted by Gasteiger charge is 2.31. The number of fused-ring (bicyclic) bond motifs is 1. The highest BCUT2D eigenvalue weighted by molar-refractivity contribution is 6.35. The van der Waals surface area contributed by atoms with E-state index in [1.54, 1.807) is 18.3 Å². The van der Waals surface area contributed by atoms with Crippen LogP contribution in [0.3, 0.4) is 0 Å². The number of alkyl halides is 3. The average molecular weight is 298 g/mol. The Morgan fingerprint density at radius 1 is 1.20 bits per heavy atom. The number of hydrogen-bond acceptors (Lipinski definition) is 2. The van der Waals surface area contributed by atoms with E-state index in [0.29, 0.717) is 11.2 Å². The van der Waals surface area contributed by atoms with Crippen LogP contribution in [-0.4, -0.2) is 14.5 Å². The highest BCUT2D eigenvalue weighted by Crippen LogP contribution is 2.33. The summed E-state index contributed by atoms with van der Waals surface area (Å²) in [6, 6.07) is 4.44. The minimum atomic E-state index is -4.45. The van der Waals surface area contributed by atoms with Gasteiger partial charge in [-0.2, -0.15) is 13.2 Å². The standard InChI is InChI=1S/C13H7ClF3N3/c14-10-7-20(9-2-1-3-18-6-9)11-4-8(13(15,16)17)5-19-12(10)11/h1-7H. The van der Waals surface area contributed by atoms with E-state index < -0.39 is 11.7 Å². The molecule has 3 heterocycles. The van der Waals surface area contributed by atoms with Gasteiger partial charge in [0.15, 0.2) is 0 Å². The zero-order valence-electron chi connectivity index (χ0n) is 9.89. The lowest BCUT2D eigenvalue weighted by atomic mass is 10.2. The van der Waals surface area contributed by atoms with Gasteiger partial charge in [-0.05, 0) is 18.2 Å². The summed E-state index contributed by atoms with van der Waals surface area (Å²) in [6.07, 6.45) is 0.974. The van der Waals surface area contributed by atoms with E-state index in [1.807, 2.05) is 0 Å². The number of aromatic nitrogens is 3. The molecule has 0 atom stereocenters. The predicted molar refractivity (Wildman–Crippen MR) is 68.9 cm³/mol. The number of hydrogen-bond donors (Lipinski definition) is 0. The number of nitrogens with zero attached hydrogens (tertiary/aromatic N) is 3. The van der Waals surface area contributed by atoms with Crippen LogP contribution in [-0.2, 0) is 6.18 Å². The first-order chi connectivity index (χ1) is 9.47. The van der Waals surface area contributed by atoms with Gasteiger partial charge in [0.25, 0.3) is 0 Å². The Hall–Kier alpha value is -2.08. The molecule has 0 amide bonds. The Morgan fingerprint density at radius 3 is 2.65 bits per heavy atom. The van der Waals surface area contributed by atoms with E-state index in [4.69, 9.17) is 11.6 Å². The highest BCUT2D eigenvalue weighted by atomic mass is 35.5. The van der Waals surface area contributed by atoms with Crippen LogP contribution in [0.25, 0.3) is 16.7 Å². The molecule has 3 aromatic rings. The van der Waals surface area contributed by atoms with Crippen molar-refractivity contribution in [3.63, 3.8) is 0 Å². The fourth-order valence-electron chi connectivity index (χ4n) is 1.93. The van der Waals surface area contributed by atoms with Crippen LogP contribution in [0.15, 0.2) is 43.0 Å². The molecule has 0 unspecified atom stereocenters. The molecule has 0 aromatic carbocycles. The molecule has 3 aromatic heterocycles. The van der Waals surface area contributed by atoms with Crippen molar-refractivity contribution in [1.29, 1.82) is 0 Å². The first-order valence-corrected chi connectivity index (χ1v) is 5.99. The Balaban J connectivity index is 2.28. The van der Waals surface area contributed by atoms with E-state index in [9.17, 15) is 13.2 Å². The summed E-state index contributed by atoms with van der Waals surface area (Å²) >= 11 is 6.01. The maximum Gasteiger partial charge on any atom is 0.417 e. The number of rotatable bonds is 1. The summed E-state index contributed by atoms with van der Waals surface area (Å²) in [7, 11) is 0. The van der Waals surface area contributed by atoms with Crippen LogP contribution in [0.2, 0.25) is 5.02 Å². The third kappa shape index (κ3) is 2.12. The number of halogens is 4. The maximum atomic E-state index is 12.8. The van der Waals surface area contributed by atoms with E-state index in [0.717, 1.165) is 12.3 Å². The zero-order chi connectivity index (χ0) is 14.3. The van der Waals surface area contributed by atoms with Crippen molar-refractivity contribution in [2.24, 2.45) is 0 Å². The molecule has 0 aliphatic heterocycles. The van der Waals surface area contributed by atoms with E-state index in [-0.39, 0.29) is 10.5 Å². The van der Waals surface area contributed by atoms with E-state index >= 15 is 0 Å². The van der Waals surface area contributed by atoms with Gasteiger partial charge in [0.2, 0.25) is 0 Å². The van der Waals surface area contributed by atoms with Crippen LogP contribution in [0, 0.1) is 0 Å². The summed E-state index contributed by atoms with van der Waals surface area (Å²) in [5, 5.41) is 0.289. The lowest BCUT2D eigenvalue weighted by molar-refractivity contribution is -0.137. The fourth-order valence-corrected chi connectivity index (χ4v) is 2.17. The topological polar surface area (TPSA) is 30.7 Å². The first-order valence-electron chi connectivity index (χ1n) is 5.61. The molecule has 3 rings (SSSR count). The third-order valence-corrected chi connectivity index (χ3v) is 3.12. The molecule has 102 valence electrons. The molecule has 0 spiro atoms. The molecule has 0 aliphatic rings. The third-order valence-electron chi connectivity index (χ3n) is 2.85. The Labute approximate surface area is 116 Å². The quantitative estimate of drug-likeness (QED) is 0.677. The van der Waals surface area contributed by atoms with Crippen LogP contribution >= 0.6 is 11.6 Å². The summed E-state index contributed by atoms with van der Waals surface area (Å²) in [5.41, 5.74) is 0.414. The van der Waals surface area contributed by atoms with Gasteiger partial charge in [0.05, 0.1) is 28.0 Å². The Morgan fingerprint density at radius 2 is 2.00 bits per heavy atom. The smallest absolute Gasteiger partial charge is 0.312 e. The molecule has 20 heavy (non-hydrogen) atoms. The SMILES string of the molecule is FC(F)(F)c1cnc2c(Cl)cn(-c3cccnc3)c2c1. The minimum absolute atomic E-state index is 0.289. The molecule has 7 heteroatoms. The molecule has 0 aliphatic carbocycles. The van der Waals surface area contributed by atoms with E-state index in [2.05, 4.69) is 9.97 Å². The van der Waals surface area contributed by atoms with Gasteiger partial charge in [-0.25, -0.2) is 0 Å². The second-order valence-electron chi connectivity index (χ2n) is 4.15. The van der Waals surface area contributed by atoms with Crippen LogP contribution in [0.1, 0.15) is 5.56 Å². The van der Waals surface area contributed by atoms with Gasteiger partial charge in [-0.1, -0.05) is 11.6 Å². The maximum absolute atomic E-state index is 12.8. The molecular formula is C13H7ClF3N3. The van der Waals surface area contributed by atoms with E-state index in [1.165, 1.54) is 17.0 Å². The molecule has 0 saturated carbocycles. The largest absolute Gasteiger partial charge is 0.417 e. The Kier molecular flexibility index (Phi) is 2.90. The molecular weight excluding hydrogens is 291 g/mol.